The summed E-state index contributed by atoms with van der Waals surface area (Å²) >= 11 is 1.72. The van der Waals surface area contributed by atoms with E-state index in [0.29, 0.717) is 18.5 Å². The van der Waals surface area contributed by atoms with Crippen LogP contribution >= 0.6 is 11.8 Å². The van der Waals surface area contributed by atoms with Crippen LogP contribution in [0.5, 0.6) is 0 Å². The third-order valence-electron chi connectivity index (χ3n) is 1.93. The standard InChI is InChI=1S/C12H19NO2S/c1-4-9-16-10-8-13-7-6-11(5-2)12(14)15-3/h1,6,13H,5,7-10H2,2-3H3. The Morgan fingerprint density at radius 2 is 2.38 bits per heavy atom. The van der Waals surface area contributed by atoms with Crippen molar-refractivity contribution in [1.82, 2.24) is 5.32 Å². The van der Waals surface area contributed by atoms with E-state index in [-0.39, 0.29) is 5.97 Å². The number of rotatable bonds is 8. The van der Waals surface area contributed by atoms with Crippen LogP contribution in [0.1, 0.15) is 13.3 Å². The van der Waals surface area contributed by atoms with Crippen molar-refractivity contribution in [1.29, 1.82) is 0 Å². The van der Waals surface area contributed by atoms with Crippen LogP contribution in [0.3, 0.4) is 0 Å². The first kappa shape index (κ1) is 15.1. The van der Waals surface area contributed by atoms with Crippen molar-refractivity contribution >= 4 is 17.7 Å². The molecule has 3 nitrogen and oxygen atoms in total. The van der Waals surface area contributed by atoms with Crippen molar-refractivity contribution in [3.63, 3.8) is 0 Å². The Balaban J connectivity index is 3.64. The molecule has 0 rings (SSSR count). The smallest absolute Gasteiger partial charge is 0.333 e. The predicted octanol–water partition coefficient (Wildman–Crippen LogP) is 1.45. The summed E-state index contributed by atoms with van der Waals surface area (Å²) in [6, 6.07) is 0. The number of carbonyl (C=O) groups is 1. The zero-order valence-corrected chi connectivity index (χ0v) is 10.7. The summed E-state index contributed by atoms with van der Waals surface area (Å²) in [4.78, 5) is 11.2. The molecule has 90 valence electrons. The molecule has 0 aromatic heterocycles. The van der Waals surface area contributed by atoms with Gasteiger partial charge in [0, 0.05) is 24.4 Å². The zero-order valence-electron chi connectivity index (χ0n) is 9.91. The van der Waals surface area contributed by atoms with Crippen LogP contribution in [0, 0.1) is 12.3 Å². The van der Waals surface area contributed by atoms with E-state index >= 15 is 0 Å². The first-order valence-electron chi connectivity index (χ1n) is 5.25. The predicted molar refractivity (Wildman–Crippen MR) is 69.4 cm³/mol. The molecule has 0 saturated heterocycles. The first-order valence-corrected chi connectivity index (χ1v) is 6.41. The molecule has 0 aromatic rings. The minimum atomic E-state index is -0.244. The van der Waals surface area contributed by atoms with Crippen LogP contribution in [-0.2, 0) is 9.53 Å². The van der Waals surface area contributed by atoms with Gasteiger partial charge < -0.3 is 10.1 Å². The molecule has 4 heteroatoms. The van der Waals surface area contributed by atoms with Gasteiger partial charge in [0.1, 0.15) is 0 Å². The Morgan fingerprint density at radius 3 is 2.94 bits per heavy atom. The first-order chi connectivity index (χ1) is 7.76. The number of nitrogens with one attached hydrogen (secondary N) is 1. The highest BCUT2D eigenvalue weighted by Gasteiger charge is 2.05. The average molecular weight is 241 g/mol. The van der Waals surface area contributed by atoms with E-state index in [4.69, 9.17) is 6.42 Å². The summed E-state index contributed by atoms with van der Waals surface area (Å²) in [7, 11) is 1.40. The van der Waals surface area contributed by atoms with E-state index in [9.17, 15) is 4.79 Å². The monoisotopic (exact) mass is 241 g/mol. The Morgan fingerprint density at radius 1 is 1.62 bits per heavy atom. The van der Waals surface area contributed by atoms with Gasteiger partial charge in [-0.05, 0) is 6.42 Å². The molecule has 0 aliphatic rings. The Kier molecular flexibility index (Phi) is 9.98. The Labute approximate surface area is 102 Å². The lowest BCUT2D eigenvalue weighted by Crippen LogP contribution is -2.18. The fourth-order valence-electron chi connectivity index (χ4n) is 1.08. The van der Waals surface area contributed by atoms with E-state index in [1.54, 1.807) is 11.8 Å². The lowest BCUT2D eigenvalue weighted by atomic mass is 10.2. The van der Waals surface area contributed by atoms with E-state index in [0.717, 1.165) is 18.1 Å². The summed E-state index contributed by atoms with van der Waals surface area (Å²) in [5.41, 5.74) is 0.714. The van der Waals surface area contributed by atoms with Gasteiger partial charge in [-0.2, -0.15) is 0 Å². The molecule has 0 saturated carbocycles. The van der Waals surface area contributed by atoms with E-state index in [1.807, 2.05) is 13.0 Å². The summed E-state index contributed by atoms with van der Waals surface area (Å²) in [6.45, 7) is 3.52. The van der Waals surface area contributed by atoms with Crippen LogP contribution in [0.25, 0.3) is 0 Å². The second-order valence-corrected chi connectivity index (χ2v) is 4.14. The highest BCUT2D eigenvalue weighted by atomic mass is 32.2. The van der Waals surface area contributed by atoms with Crippen LogP contribution in [0.2, 0.25) is 0 Å². The molecule has 0 amide bonds. The molecular weight excluding hydrogens is 222 g/mol. The van der Waals surface area contributed by atoms with Crippen molar-refractivity contribution in [2.75, 3.05) is 31.7 Å². The fraction of sp³-hybridized carbons (Fsp3) is 0.583. The number of thioether (sulfide) groups is 1. The molecule has 0 unspecified atom stereocenters. The summed E-state index contributed by atoms with van der Waals surface area (Å²) < 4.78 is 4.65. The van der Waals surface area contributed by atoms with Crippen LogP contribution in [-0.4, -0.2) is 37.7 Å². The Bertz CT molecular complexity index is 269. The van der Waals surface area contributed by atoms with Crippen molar-refractivity contribution < 1.29 is 9.53 Å². The molecular formula is C12H19NO2S. The van der Waals surface area contributed by atoms with Gasteiger partial charge in [0.15, 0.2) is 0 Å². The minimum absolute atomic E-state index is 0.244. The maximum absolute atomic E-state index is 11.2. The lowest BCUT2D eigenvalue weighted by molar-refractivity contribution is -0.136. The molecule has 0 spiro atoms. The molecule has 1 N–H and O–H groups in total. The van der Waals surface area contributed by atoms with Gasteiger partial charge in [0.2, 0.25) is 0 Å². The molecule has 0 fully saturated rings. The highest BCUT2D eigenvalue weighted by molar-refractivity contribution is 7.99. The number of hydrogen-bond donors (Lipinski definition) is 1. The second-order valence-electron chi connectivity index (χ2n) is 3.04. The molecule has 0 radical (unpaired) electrons. The fourth-order valence-corrected chi connectivity index (χ4v) is 1.63. The third kappa shape index (κ3) is 7.38. The average Bonchev–Trinajstić information content (AvgIpc) is 2.32. The number of methoxy groups -OCH3 is 1. The highest BCUT2D eigenvalue weighted by Crippen LogP contribution is 2.01. The van der Waals surface area contributed by atoms with Crippen molar-refractivity contribution in [2.24, 2.45) is 0 Å². The molecule has 0 bridgehead atoms. The summed E-state index contributed by atoms with van der Waals surface area (Å²) in [5.74, 6) is 4.06. The zero-order chi connectivity index (χ0) is 12.2. The van der Waals surface area contributed by atoms with Gasteiger partial charge in [-0.25, -0.2) is 4.79 Å². The van der Waals surface area contributed by atoms with Gasteiger partial charge in [-0.3, -0.25) is 0 Å². The SMILES string of the molecule is C#CCSCCNCC=C(CC)C(=O)OC. The van der Waals surface area contributed by atoms with Crippen LogP contribution < -0.4 is 5.32 Å². The van der Waals surface area contributed by atoms with E-state index < -0.39 is 0 Å². The maximum atomic E-state index is 11.2. The molecule has 0 aliphatic carbocycles. The van der Waals surface area contributed by atoms with E-state index in [1.165, 1.54) is 7.11 Å². The van der Waals surface area contributed by atoms with Crippen LogP contribution in [0.4, 0.5) is 0 Å². The maximum Gasteiger partial charge on any atom is 0.333 e. The summed E-state index contributed by atoms with van der Waals surface area (Å²) in [5, 5.41) is 3.21. The van der Waals surface area contributed by atoms with Gasteiger partial charge in [0.05, 0.1) is 12.9 Å². The van der Waals surface area contributed by atoms with Gasteiger partial charge >= 0.3 is 5.97 Å². The van der Waals surface area contributed by atoms with Gasteiger partial charge in [-0.1, -0.05) is 18.9 Å². The Hall–Kier alpha value is -0.920. The molecule has 0 aliphatic heterocycles. The van der Waals surface area contributed by atoms with Gasteiger partial charge in [0.25, 0.3) is 0 Å². The topological polar surface area (TPSA) is 38.3 Å². The number of esters is 1. The second kappa shape index (κ2) is 10.6. The molecule has 0 heterocycles. The summed E-state index contributed by atoms with van der Waals surface area (Å²) in [6.07, 6.45) is 7.69. The van der Waals surface area contributed by atoms with Crippen LogP contribution in [0.15, 0.2) is 11.6 Å². The van der Waals surface area contributed by atoms with Gasteiger partial charge in [-0.15, -0.1) is 18.2 Å². The molecule has 16 heavy (non-hydrogen) atoms. The number of hydrogen-bond acceptors (Lipinski definition) is 4. The quantitative estimate of drug-likeness (QED) is 0.302. The normalized spacial score (nSPS) is 10.9. The minimum Gasteiger partial charge on any atom is -0.466 e. The number of ether oxygens (including phenoxy) is 1. The van der Waals surface area contributed by atoms with Crippen molar-refractivity contribution in [3.8, 4) is 12.3 Å². The number of carbonyl (C=O) groups excluding carboxylic acids is 1. The largest absolute Gasteiger partial charge is 0.466 e. The van der Waals surface area contributed by atoms with Crippen molar-refractivity contribution in [2.45, 2.75) is 13.3 Å². The third-order valence-corrected chi connectivity index (χ3v) is 2.79. The molecule has 0 atom stereocenters. The molecule has 0 aromatic carbocycles. The van der Waals surface area contributed by atoms with Crippen molar-refractivity contribution in [3.05, 3.63) is 11.6 Å². The lowest BCUT2D eigenvalue weighted by Gasteiger charge is -2.03. The van der Waals surface area contributed by atoms with E-state index in [2.05, 4.69) is 16.0 Å². The number of terminal acetylenes is 1.